The van der Waals surface area contributed by atoms with Crippen molar-refractivity contribution in [2.45, 2.75) is 38.8 Å². The number of hydrogen-bond acceptors (Lipinski definition) is 5. The number of aromatic nitrogens is 2. The van der Waals surface area contributed by atoms with Crippen LogP contribution >= 0.6 is 0 Å². The molecule has 0 atom stereocenters. The molecule has 1 aliphatic heterocycles. The molecular weight excluding hydrogens is 325 g/mol. The Labute approximate surface area is 144 Å². The van der Waals surface area contributed by atoms with Crippen LogP contribution in [0.25, 0.3) is 0 Å². The molecule has 7 heteroatoms. The molecular formula is C18H20FN3O3. The maximum absolute atomic E-state index is 12.9. The molecule has 0 spiro atoms. The fraction of sp³-hybridized carbons (Fsp3) is 0.389. The van der Waals surface area contributed by atoms with E-state index in [1.54, 1.807) is 12.1 Å². The number of aryl methyl sites for hydroxylation is 1. The highest BCUT2D eigenvalue weighted by Gasteiger charge is 2.32. The lowest BCUT2D eigenvalue weighted by molar-refractivity contribution is 0.0973. The van der Waals surface area contributed by atoms with Crippen molar-refractivity contribution < 1.29 is 14.3 Å². The molecule has 0 aliphatic carbocycles. The molecule has 2 heterocycles. The van der Waals surface area contributed by atoms with Gasteiger partial charge in [0, 0.05) is 19.5 Å². The second-order valence-corrected chi connectivity index (χ2v) is 6.69. The molecule has 0 saturated heterocycles. The smallest absolute Gasteiger partial charge is 0.296 e. The van der Waals surface area contributed by atoms with Gasteiger partial charge in [0.1, 0.15) is 11.6 Å². The van der Waals surface area contributed by atoms with E-state index in [1.807, 2.05) is 13.8 Å². The minimum atomic E-state index is -0.606. The van der Waals surface area contributed by atoms with Gasteiger partial charge in [0.15, 0.2) is 11.5 Å². The average Bonchev–Trinajstić information content (AvgIpc) is 2.57. The summed E-state index contributed by atoms with van der Waals surface area (Å²) >= 11 is 0. The Bertz CT molecular complexity index is 872. The molecule has 2 N–H and O–H groups in total. The van der Waals surface area contributed by atoms with Gasteiger partial charge in [0.05, 0.1) is 5.54 Å². The lowest BCUT2D eigenvalue weighted by atomic mass is 10.0. The zero-order valence-electron chi connectivity index (χ0n) is 14.2. The first-order valence-electron chi connectivity index (χ1n) is 8.16. The summed E-state index contributed by atoms with van der Waals surface area (Å²) in [5.41, 5.74) is -0.567. The van der Waals surface area contributed by atoms with Crippen LogP contribution in [0.3, 0.4) is 0 Å². The van der Waals surface area contributed by atoms with Crippen LogP contribution in [0, 0.1) is 5.82 Å². The fourth-order valence-electron chi connectivity index (χ4n) is 3.01. The summed E-state index contributed by atoms with van der Waals surface area (Å²) in [5.74, 6) is -0.923. The van der Waals surface area contributed by atoms with Gasteiger partial charge in [-0.1, -0.05) is 12.1 Å². The first-order chi connectivity index (χ1) is 11.8. The number of ketones is 1. The second-order valence-electron chi connectivity index (χ2n) is 6.69. The average molecular weight is 345 g/mol. The van der Waals surface area contributed by atoms with E-state index in [0.29, 0.717) is 25.3 Å². The van der Waals surface area contributed by atoms with Crippen molar-refractivity contribution in [1.29, 1.82) is 0 Å². The number of fused-ring (bicyclic) bond motifs is 1. The molecule has 0 unspecified atom stereocenters. The maximum Gasteiger partial charge on any atom is 0.296 e. The number of nitrogens with one attached hydrogen (secondary N) is 1. The van der Waals surface area contributed by atoms with Crippen molar-refractivity contribution in [3.8, 4) is 5.75 Å². The summed E-state index contributed by atoms with van der Waals surface area (Å²) in [7, 11) is 0. The summed E-state index contributed by atoms with van der Waals surface area (Å²) in [6.07, 6.45) is 0.448. The van der Waals surface area contributed by atoms with Gasteiger partial charge in [-0.3, -0.25) is 14.2 Å². The highest BCUT2D eigenvalue weighted by atomic mass is 19.1. The molecule has 6 nitrogen and oxygen atoms in total. The highest BCUT2D eigenvalue weighted by Crippen LogP contribution is 2.23. The number of carbonyl (C=O) groups is 1. The maximum atomic E-state index is 12.9. The van der Waals surface area contributed by atoms with Gasteiger partial charge in [-0.15, -0.1) is 0 Å². The fourth-order valence-corrected chi connectivity index (χ4v) is 3.01. The summed E-state index contributed by atoms with van der Waals surface area (Å²) < 4.78 is 14.3. The third-order valence-electron chi connectivity index (χ3n) is 4.42. The van der Waals surface area contributed by atoms with Gasteiger partial charge in [-0.2, -0.15) is 0 Å². The highest BCUT2D eigenvalue weighted by molar-refractivity contribution is 5.96. The Balaban J connectivity index is 1.89. The molecule has 3 rings (SSSR count). The van der Waals surface area contributed by atoms with Crippen LogP contribution in [0.5, 0.6) is 5.75 Å². The van der Waals surface area contributed by atoms with E-state index in [0.717, 1.165) is 5.56 Å². The van der Waals surface area contributed by atoms with Crippen molar-refractivity contribution in [2.75, 3.05) is 6.54 Å². The first kappa shape index (κ1) is 17.3. The van der Waals surface area contributed by atoms with Crippen LogP contribution in [0.4, 0.5) is 4.39 Å². The molecule has 1 aromatic carbocycles. The monoisotopic (exact) mass is 345 g/mol. The van der Waals surface area contributed by atoms with E-state index < -0.39 is 22.6 Å². The molecule has 1 aromatic heterocycles. The molecule has 25 heavy (non-hydrogen) atoms. The van der Waals surface area contributed by atoms with Crippen molar-refractivity contribution in [1.82, 2.24) is 14.9 Å². The Morgan fingerprint density at radius 1 is 1.36 bits per heavy atom. The number of nitrogens with zero attached hydrogens (tertiary/aromatic N) is 2. The summed E-state index contributed by atoms with van der Waals surface area (Å²) in [5, 5.41) is 13.4. The Kier molecular flexibility index (Phi) is 4.43. The number of benzene rings is 1. The number of hydrogen-bond donors (Lipinski definition) is 2. The summed E-state index contributed by atoms with van der Waals surface area (Å²) in [4.78, 5) is 29.2. The lowest BCUT2D eigenvalue weighted by Gasteiger charge is -2.33. The van der Waals surface area contributed by atoms with Crippen LogP contribution in [0.15, 0.2) is 29.1 Å². The predicted molar refractivity (Wildman–Crippen MR) is 90.2 cm³/mol. The summed E-state index contributed by atoms with van der Waals surface area (Å²) in [6.45, 7) is 4.71. The van der Waals surface area contributed by atoms with Crippen LogP contribution in [0.1, 0.15) is 42.1 Å². The standard InChI is InChI=1S/C18H20FN3O3/c1-18(2)17-21-14(15(24)16(25)22(17)10-9-20-18)13(23)8-5-11-3-6-12(19)7-4-11/h3-4,6-7,20,24H,5,8-10H2,1-2H3. The Morgan fingerprint density at radius 3 is 2.72 bits per heavy atom. The van der Waals surface area contributed by atoms with Gasteiger partial charge in [0.25, 0.3) is 5.56 Å². The number of aromatic hydroxyl groups is 1. The van der Waals surface area contributed by atoms with Crippen molar-refractivity contribution >= 4 is 5.78 Å². The third kappa shape index (κ3) is 3.32. The normalized spacial score (nSPS) is 15.6. The molecule has 2 aromatic rings. The van der Waals surface area contributed by atoms with E-state index >= 15 is 0 Å². The Morgan fingerprint density at radius 2 is 2.04 bits per heavy atom. The van der Waals surface area contributed by atoms with Gasteiger partial charge in [-0.25, -0.2) is 9.37 Å². The minimum Gasteiger partial charge on any atom is -0.501 e. The van der Waals surface area contributed by atoms with E-state index in [-0.39, 0.29) is 17.9 Å². The second kappa shape index (κ2) is 6.40. The first-order valence-corrected chi connectivity index (χ1v) is 8.16. The predicted octanol–water partition coefficient (Wildman–Crippen LogP) is 1.74. The van der Waals surface area contributed by atoms with E-state index in [4.69, 9.17) is 0 Å². The van der Waals surface area contributed by atoms with E-state index in [9.17, 15) is 19.1 Å². The largest absolute Gasteiger partial charge is 0.501 e. The molecule has 0 bridgehead atoms. The van der Waals surface area contributed by atoms with Crippen molar-refractivity contribution in [3.05, 3.63) is 57.5 Å². The van der Waals surface area contributed by atoms with E-state index in [2.05, 4.69) is 10.3 Å². The number of rotatable bonds is 4. The van der Waals surface area contributed by atoms with Crippen molar-refractivity contribution in [3.63, 3.8) is 0 Å². The zero-order valence-corrected chi connectivity index (χ0v) is 14.2. The van der Waals surface area contributed by atoms with Crippen LogP contribution in [-0.2, 0) is 18.5 Å². The van der Waals surface area contributed by atoms with Crippen LogP contribution < -0.4 is 10.9 Å². The third-order valence-corrected chi connectivity index (χ3v) is 4.42. The number of halogens is 1. The Hall–Kier alpha value is -2.54. The lowest BCUT2D eigenvalue weighted by Crippen LogP contribution is -2.50. The van der Waals surface area contributed by atoms with Gasteiger partial charge >= 0.3 is 0 Å². The number of Topliss-reactive ketones (excluding diaryl/α,β-unsaturated/α-hetero) is 1. The molecule has 1 aliphatic rings. The SMILES string of the molecule is CC1(C)NCCn2c1nc(C(=O)CCc1ccc(F)cc1)c(O)c2=O. The van der Waals surface area contributed by atoms with Crippen LogP contribution in [-0.4, -0.2) is 27.0 Å². The van der Waals surface area contributed by atoms with Gasteiger partial charge < -0.3 is 10.4 Å². The number of carbonyl (C=O) groups excluding carboxylic acids is 1. The summed E-state index contributed by atoms with van der Waals surface area (Å²) in [6, 6.07) is 5.86. The minimum absolute atomic E-state index is 0.0724. The van der Waals surface area contributed by atoms with Crippen LogP contribution in [0.2, 0.25) is 0 Å². The zero-order chi connectivity index (χ0) is 18.2. The van der Waals surface area contributed by atoms with Crippen molar-refractivity contribution in [2.24, 2.45) is 0 Å². The van der Waals surface area contributed by atoms with E-state index in [1.165, 1.54) is 16.7 Å². The van der Waals surface area contributed by atoms with Gasteiger partial charge in [-0.05, 0) is 38.0 Å². The molecule has 132 valence electrons. The van der Waals surface area contributed by atoms with Gasteiger partial charge in [0.2, 0.25) is 5.75 Å². The topological polar surface area (TPSA) is 84.2 Å². The molecule has 0 saturated carbocycles. The molecule has 0 radical (unpaired) electrons. The molecule has 0 fully saturated rings. The quantitative estimate of drug-likeness (QED) is 0.825. The molecule has 0 amide bonds.